The predicted octanol–water partition coefficient (Wildman–Crippen LogP) is 6.06. The number of halogens is 1. The van der Waals surface area contributed by atoms with Gasteiger partial charge in [-0.05, 0) is 55.5 Å². The van der Waals surface area contributed by atoms with E-state index in [1.807, 2.05) is 47.1 Å². The van der Waals surface area contributed by atoms with Crippen LogP contribution < -0.4 is 20.1 Å². The van der Waals surface area contributed by atoms with Crippen molar-refractivity contribution in [1.29, 1.82) is 5.26 Å². The summed E-state index contributed by atoms with van der Waals surface area (Å²) < 4.78 is 12.9. The van der Waals surface area contributed by atoms with Crippen molar-refractivity contribution in [2.24, 2.45) is 0 Å². The highest BCUT2D eigenvalue weighted by Crippen LogP contribution is 2.38. The van der Waals surface area contributed by atoms with Crippen molar-refractivity contribution >= 4 is 22.9 Å². The third kappa shape index (κ3) is 5.66. The van der Waals surface area contributed by atoms with Crippen LogP contribution in [0.2, 0.25) is 5.02 Å². The van der Waals surface area contributed by atoms with E-state index >= 15 is 0 Å². The molecular formula is C29H30ClN5O2. The molecule has 4 aromatic rings. The third-order valence-corrected chi connectivity index (χ3v) is 7.28. The number of anilines is 1. The minimum absolute atomic E-state index is 0.435. The molecule has 2 aromatic heterocycles. The van der Waals surface area contributed by atoms with Crippen LogP contribution in [-0.2, 0) is 6.54 Å². The lowest BCUT2D eigenvalue weighted by atomic mass is 9.91. The Kier molecular flexibility index (Phi) is 7.50. The molecule has 190 valence electrons. The van der Waals surface area contributed by atoms with Crippen molar-refractivity contribution in [3.63, 3.8) is 0 Å². The third-order valence-electron chi connectivity index (χ3n) is 6.99. The summed E-state index contributed by atoms with van der Waals surface area (Å²) in [5.74, 6) is 1.23. The molecule has 5 rings (SSSR count). The summed E-state index contributed by atoms with van der Waals surface area (Å²) in [5.41, 5.74) is 5.43. The lowest BCUT2D eigenvalue weighted by Gasteiger charge is -2.30. The zero-order valence-electron chi connectivity index (χ0n) is 21.0. The average Bonchev–Trinajstić information content (AvgIpc) is 3.36. The molecule has 1 fully saturated rings. The second-order valence-corrected chi connectivity index (χ2v) is 9.78. The molecular weight excluding hydrogens is 486 g/mol. The second kappa shape index (κ2) is 11.1. The van der Waals surface area contributed by atoms with Gasteiger partial charge in [0, 0.05) is 54.4 Å². The van der Waals surface area contributed by atoms with Crippen molar-refractivity contribution in [1.82, 2.24) is 14.7 Å². The monoisotopic (exact) mass is 515 g/mol. The summed E-state index contributed by atoms with van der Waals surface area (Å²) in [5, 5.41) is 16.8. The molecule has 0 saturated heterocycles. The Labute approximate surface area is 222 Å². The van der Waals surface area contributed by atoms with Gasteiger partial charge in [0.15, 0.2) is 0 Å². The molecule has 37 heavy (non-hydrogen) atoms. The highest BCUT2D eigenvalue weighted by Gasteiger charge is 2.21. The summed E-state index contributed by atoms with van der Waals surface area (Å²) in [6.07, 6.45) is 8.47. The molecule has 0 atom stereocenters. The van der Waals surface area contributed by atoms with E-state index in [2.05, 4.69) is 28.8 Å². The van der Waals surface area contributed by atoms with E-state index in [1.54, 1.807) is 20.3 Å². The van der Waals surface area contributed by atoms with Crippen LogP contribution in [0.5, 0.6) is 11.5 Å². The molecule has 0 amide bonds. The van der Waals surface area contributed by atoms with Gasteiger partial charge in [-0.2, -0.15) is 5.26 Å². The van der Waals surface area contributed by atoms with Gasteiger partial charge in [0.25, 0.3) is 0 Å². The summed E-state index contributed by atoms with van der Waals surface area (Å²) in [4.78, 5) is 4.83. The van der Waals surface area contributed by atoms with Gasteiger partial charge >= 0.3 is 0 Å². The van der Waals surface area contributed by atoms with E-state index in [1.165, 1.54) is 5.56 Å². The number of hydrogen-bond donors (Lipinski definition) is 2. The number of nitrogens with one attached hydrogen (secondary N) is 2. The number of fused-ring (bicyclic) bond motifs is 1. The number of methoxy groups -OCH3 is 2. The summed E-state index contributed by atoms with van der Waals surface area (Å²) in [7, 11) is 3.21. The first kappa shape index (κ1) is 24.9. The van der Waals surface area contributed by atoms with E-state index in [-0.39, 0.29) is 0 Å². The van der Waals surface area contributed by atoms with Crippen molar-refractivity contribution in [2.75, 3.05) is 19.5 Å². The van der Waals surface area contributed by atoms with E-state index in [0.29, 0.717) is 34.2 Å². The van der Waals surface area contributed by atoms with Crippen LogP contribution in [0, 0.1) is 11.3 Å². The fourth-order valence-electron chi connectivity index (χ4n) is 4.90. The number of pyridine rings is 1. The average molecular weight is 516 g/mol. The van der Waals surface area contributed by atoms with Gasteiger partial charge in [-0.15, -0.1) is 0 Å². The number of imidazole rings is 1. The van der Waals surface area contributed by atoms with Crippen molar-refractivity contribution in [2.45, 2.75) is 44.3 Å². The number of nitrogens with zero attached hydrogens (tertiary/aromatic N) is 3. The molecule has 8 heteroatoms. The van der Waals surface area contributed by atoms with Crippen LogP contribution in [0.3, 0.4) is 0 Å². The molecule has 0 unspecified atom stereocenters. The van der Waals surface area contributed by atoms with Crippen LogP contribution in [0.1, 0.15) is 36.8 Å². The second-order valence-electron chi connectivity index (χ2n) is 9.38. The Morgan fingerprint density at radius 2 is 1.73 bits per heavy atom. The number of nitriles is 1. The van der Waals surface area contributed by atoms with Crippen LogP contribution >= 0.6 is 11.6 Å². The highest BCUT2D eigenvalue weighted by molar-refractivity contribution is 6.32. The predicted molar refractivity (Wildman–Crippen MR) is 146 cm³/mol. The maximum absolute atomic E-state index is 8.95. The van der Waals surface area contributed by atoms with Gasteiger partial charge in [-0.3, -0.25) is 0 Å². The Morgan fingerprint density at radius 1 is 1.00 bits per heavy atom. The first-order valence-corrected chi connectivity index (χ1v) is 12.8. The van der Waals surface area contributed by atoms with Gasteiger partial charge < -0.3 is 24.5 Å². The molecule has 1 aliphatic carbocycles. The zero-order valence-corrected chi connectivity index (χ0v) is 21.8. The Hall–Kier alpha value is -3.73. The number of aromatic nitrogens is 2. The molecule has 7 nitrogen and oxygen atoms in total. The number of benzene rings is 2. The molecule has 2 heterocycles. The van der Waals surface area contributed by atoms with E-state index < -0.39 is 0 Å². The fourth-order valence-corrected chi connectivity index (χ4v) is 5.14. The maximum atomic E-state index is 8.95. The fraction of sp³-hybridized carbons (Fsp3) is 0.310. The van der Waals surface area contributed by atoms with E-state index in [9.17, 15) is 0 Å². The normalized spacial score (nSPS) is 17.4. The van der Waals surface area contributed by atoms with E-state index in [4.69, 9.17) is 31.3 Å². The molecule has 0 aliphatic heterocycles. The summed E-state index contributed by atoms with van der Waals surface area (Å²) in [6.45, 7) is 0.831. The van der Waals surface area contributed by atoms with Crippen molar-refractivity contribution in [3.8, 4) is 28.8 Å². The van der Waals surface area contributed by atoms with Crippen LogP contribution in [0.4, 0.5) is 5.69 Å². The van der Waals surface area contributed by atoms with Crippen molar-refractivity contribution in [3.05, 3.63) is 77.1 Å². The molecule has 2 N–H and O–H groups in total. The lowest BCUT2D eigenvalue weighted by Crippen LogP contribution is -2.36. The highest BCUT2D eigenvalue weighted by atomic mass is 35.5. The summed E-state index contributed by atoms with van der Waals surface area (Å²) in [6, 6.07) is 18.7. The first-order valence-electron chi connectivity index (χ1n) is 12.5. The molecule has 1 aliphatic rings. The summed E-state index contributed by atoms with van der Waals surface area (Å²) >= 11 is 6.37. The molecule has 0 bridgehead atoms. The van der Waals surface area contributed by atoms with Gasteiger partial charge in [0.1, 0.15) is 17.1 Å². The Bertz CT molecular complexity index is 1420. The molecule has 0 spiro atoms. The van der Waals surface area contributed by atoms with Gasteiger partial charge in [0.05, 0.1) is 36.6 Å². The number of hydrogen-bond acceptors (Lipinski definition) is 6. The SMILES string of the molecule is COc1cc(OC)c(-c2cn3ccc(N[C@H]4CC[C@@H](NCc5ccc(C#N)cc5)CC4)cc3n2)cc1Cl. The van der Waals surface area contributed by atoms with Gasteiger partial charge in [-0.25, -0.2) is 4.98 Å². The van der Waals surface area contributed by atoms with Gasteiger partial charge in [0.2, 0.25) is 0 Å². The topological polar surface area (TPSA) is 83.6 Å². The van der Waals surface area contributed by atoms with Crippen LogP contribution in [0.15, 0.2) is 60.9 Å². The smallest absolute Gasteiger partial charge is 0.141 e. The largest absolute Gasteiger partial charge is 0.496 e. The minimum Gasteiger partial charge on any atom is -0.496 e. The zero-order chi connectivity index (χ0) is 25.8. The van der Waals surface area contributed by atoms with Crippen LogP contribution in [0.25, 0.3) is 16.9 Å². The lowest BCUT2D eigenvalue weighted by molar-refractivity contribution is 0.353. The Morgan fingerprint density at radius 3 is 2.43 bits per heavy atom. The standard InChI is InChI=1S/C29H30ClN5O2/c1-36-27-15-28(37-2)25(30)14-24(27)26-18-35-12-11-23(13-29(35)34-26)33-22-9-7-21(8-10-22)32-17-20-5-3-19(16-31)4-6-20/h3-6,11-15,18,21-22,32-33H,7-10,17H2,1-2H3/t21-,22+. The molecule has 0 radical (unpaired) electrons. The van der Waals surface area contributed by atoms with Gasteiger partial charge in [-0.1, -0.05) is 23.7 Å². The minimum atomic E-state index is 0.435. The number of ether oxygens (including phenoxy) is 2. The maximum Gasteiger partial charge on any atom is 0.141 e. The number of rotatable bonds is 8. The van der Waals surface area contributed by atoms with E-state index in [0.717, 1.165) is 54.8 Å². The first-order chi connectivity index (χ1) is 18.1. The quantitative estimate of drug-likeness (QED) is 0.297. The molecule has 1 saturated carbocycles. The Balaban J connectivity index is 1.20. The van der Waals surface area contributed by atoms with Crippen LogP contribution in [-0.4, -0.2) is 35.7 Å². The van der Waals surface area contributed by atoms with Crippen molar-refractivity contribution < 1.29 is 9.47 Å². The molecule has 2 aromatic carbocycles.